The van der Waals surface area contributed by atoms with Crippen LogP contribution in [0.5, 0.6) is 0 Å². The molecule has 1 aliphatic carbocycles. The van der Waals surface area contributed by atoms with E-state index in [1.165, 1.54) is 36.6 Å². The maximum absolute atomic E-state index is 4.25. The second-order valence-electron chi connectivity index (χ2n) is 5.00. The first-order valence-electron chi connectivity index (χ1n) is 6.11. The van der Waals surface area contributed by atoms with Gasteiger partial charge in [-0.2, -0.15) is 0 Å². The van der Waals surface area contributed by atoms with Gasteiger partial charge in [0, 0.05) is 17.8 Å². The zero-order chi connectivity index (χ0) is 11.0. The Hall–Kier alpha value is -1.38. The topological polar surface area (TPSA) is 41.6 Å². The minimum atomic E-state index is 0.698. The molecule has 3 nitrogen and oxygen atoms in total. The van der Waals surface area contributed by atoms with Crippen LogP contribution in [0.2, 0.25) is 0 Å². The highest BCUT2D eigenvalue weighted by atomic mass is 14.9. The van der Waals surface area contributed by atoms with Gasteiger partial charge >= 0.3 is 0 Å². The Balaban J connectivity index is 1.99. The Bertz CT molecular complexity index is 489. The van der Waals surface area contributed by atoms with Crippen molar-refractivity contribution in [2.45, 2.75) is 38.5 Å². The lowest BCUT2D eigenvalue weighted by atomic mass is 9.79. The molecule has 2 atom stereocenters. The molecule has 1 aliphatic rings. The molecule has 0 amide bonds. The van der Waals surface area contributed by atoms with Crippen molar-refractivity contribution in [3.05, 3.63) is 24.3 Å². The molecule has 16 heavy (non-hydrogen) atoms. The molecule has 3 rings (SSSR count). The van der Waals surface area contributed by atoms with Crippen LogP contribution in [0.1, 0.15) is 44.1 Å². The number of H-pyrrole nitrogens is 1. The Morgan fingerprint density at radius 2 is 2.31 bits per heavy atom. The molecular formula is C13H17N3. The lowest BCUT2D eigenvalue weighted by Gasteiger charge is -2.26. The molecule has 2 aromatic rings. The maximum Gasteiger partial charge on any atom is 0.140 e. The summed E-state index contributed by atoms with van der Waals surface area (Å²) < 4.78 is 0. The minimum Gasteiger partial charge on any atom is -0.346 e. The minimum absolute atomic E-state index is 0.698. The summed E-state index contributed by atoms with van der Waals surface area (Å²) >= 11 is 0. The van der Waals surface area contributed by atoms with Crippen molar-refractivity contribution in [3.63, 3.8) is 0 Å². The molecule has 0 spiro atoms. The van der Waals surface area contributed by atoms with Gasteiger partial charge in [0.2, 0.25) is 0 Å². The van der Waals surface area contributed by atoms with Crippen molar-refractivity contribution < 1.29 is 0 Å². The molecule has 0 radical (unpaired) electrons. The zero-order valence-corrected chi connectivity index (χ0v) is 9.61. The molecule has 0 unspecified atom stereocenters. The van der Waals surface area contributed by atoms with E-state index in [0.717, 1.165) is 11.6 Å². The van der Waals surface area contributed by atoms with Crippen LogP contribution in [0.25, 0.3) is 11.0 Å². The number of hydrogen-bond donors (Lipinski definition) is 1. The lowest BCUT2D eigenvalue weighted by molar-refractivity contribution is 0.345. The summed E-state index contributed by atoms with van der Waals surface area (Å²) in [6, 6.07) is 0. The van der Waals surface area contributed by atoms with Crippen LogP contribution in [0, 0.1) is 5.92 Å². The van der Waals surface area contributed by atoms with E-state index in [4.69, 9.17) is 0 Å². The highest BCUT2D eigenvalue weighted by Gasteiger charge is 2.22. The van der Waals surface area contributed by atoms with Crippen LogP contribution in [-0.4, -0.2) is 15.0 Å². The number of aromatic amines is 1. The Morgan fingerprint density at radius 3 is 3.19 bits per heavy atom. The average molecular weight is 215 g/mol. The fourth-order valence-electron chi connectivity index (χ4n) is 2.93. The molecule has 2 heterocycles. The normalized spacial score (nSPS) is 26.1. The number of aromatic nitrogens is 3. The van der Waals surface area contributed by atoms with E-state index < -0.39 is 0 Å². The average Bonchev–Trinajstić information content (AvgIpc) is 2.72. The molecular weight excluding hydrogens is 198 g/mol. The summed E-state index contributed by atoms with van der Waals surface area (Å²) in [6.07, 6.45) is 11.0. The van der Waals surface area contributed by atoms with Gasteiger partial charge in [-0.25, -0.2) is 9.97 Å². The fourth-order valence-corrected chi connectivity index (χ4v) is 2.93. The largest absolute Gasteiger partial charge is 0.346 e. The third kappa shape index (κ3) is 1.60. The number of rotatable bonds is 1. The number of hydrogen-bond acceptors (Lipinski definition) is 2. The molecule has 0 aliphatic heterocycles. The van der Waals surface area contributed by atoms with Crippen LogP contribution in [0.3, 0.4) is 0 Å². The van der Waals surface area contributed by atoms with E-state index in [-0.39, 0.29) is 0 Å². The van der Waals surface area contributed by atoms with Gasteiger partial charge in [-0.1, -0.05) is 19.8 Å². The predicted molar refractivity (Wildman–Crippen MR) is 64.3 cm³/mol. The van der Waals surface area contributed by atoms with Gasteiger partial charge in [0.15, 0.2) is 0 Å². The van der Waals surface area contributed by atoms with Crippen LogP contribution in [-0.2, 0) is 0 Å². The zero-order valence-electron chi connectivity index (χ0n) is 9.61. The summed E-state index contributed by atoms with van der Waals surface area (Å²) in [5, 5.41) is 1.21. The highest BCUT2D eigenvalue weighted by Crippen LogP contribution is 2.38. The summed E-state index contributed by atoms with van der Waals surface area (Å²) in [5.41, 5.74) is 2.39. The smallest absolute Gasteiger partial charge is 0.140 e. The van der Waals surface area contributed by atoms with Crippen molar-refractivity contribution in [1.29, 1.82) is 0 Å². The molecule has 2 aromatic heterocycles. The van der Waals surface area contributed by atoms with Crippen LogP contribution in [0.4, 0.5) is 0 Å². The van der Waals surface area contributed by atoms with E-state index in [1.54, 1.807) is 6.33 Å². The number of nitrogens with one attached hydrogen (secondary N) is 1. The van der Waals surface area contributed by atoms with Crippen molar-refractivity contribution in [3.8, 4) is 0 Å². The van der Waals surface area contributed by atoms with Crippen LogP contribution in [0.15, 0.2) is 18.7 Å². The second kappa shape index (κ2) is 3.89. The summed E-state index contributed by atoms with van der Waals surface area (Å²) in [5.74, 6) is 1.55. The maximum atomic E-state index is 4.25. The fraction of sp³-hybridized carbons (Fsp3) is 0.538. The van der Waals surface area contributed by atoms with E-state index >= 15 is 0 Å². The van der Waals surface area contributed by atoms with Crippen molar-refractivity contribution in [2.75, 3.05) is 0 Å². The Kier molecular flexibility index (Phi) is 2.39. The highest BCUT2D eigenvalue weighted by molar-refractivity contribution is 5.79. The van der Waals surface area contributed by atoms with E-state index in [1.807, 2.05) is 6.20 Å². The van der Waals surface area contributed by atoms with Gasteiger partial charge in [-0.05, 0) is 30.2 Å². The molecule has 3 heteroatoms. The van der Waals surface area contributed by atoms with Gasteiger partial charge in [-0.3, -0.25) is 0 Å². The molecule has 84 valence electrons. The van der Waals surface area contributed by atoms with Crippen molar-refractivity contribution in [1.82, 2.24) is 15.0 Å². The summed E-state index contributed by atoms with van der Waals surface area (Å²) in [4.78, 5) is 11.6. The second-order valence-corrected chi connectivity index (χ2v) is 5.00. The molecule has 1 fully saturated rings. The summed E-state index contributed by atoms with van der Waals surface area (Å²) in [6.45, 7) is 2.36. The first kappa shape index (κ1) is 9.82. The third-order valence-electron chi connectivity index (χ3n) is 3.76. The molecule has 1 N–H and O–H groups in total. The SMILES string of the molecule is C[C@@H]1CCC[C@H](c2c[nH]c3ncncc23)C1. The first-order chi connectivity index (χ1) is 7.84. The standard InChI is InChI=1S/C13H17N3/c1-9-3-2-4-10(5-9)11-7-15-13-12(11)6-14-8-16-13/h6-10H,2-5H2,1H3,(H,14,15,16)/t9-,10+/m1/s1. The predicted octanol–water partition coefficient (Wildman–Crippen LogP) is 3.25. The van der Waals surface area contributed by atoms with Crippen molar-refractivity contribution >= 4 is 11.0 Å². The van der Waals surface area contributed by atoms with Gasteiger partial charge in [0.05, 0.1) is 0 Å². The Morgan fingerprint density at radius 1 is 1.38 bits per heavy atom. The number of nitrogens with zero attached hydrogens (tertiary/aromatic N) is 2. The van der Waals surface area contributed by atoms with Crippen molar-refractivity contribution in [2.24, 2.45) is 5.92 Å². The van der Waals surface area contributed by atoms with E-state index in [9.17, 15) is 0 Å². The Labute approximate surface area is 95.3 Å². The van der Waals surface area contributed by atoms with Gasteiger partial charge in [0.1, 0.15) is 12.0 Å². The molecule has 0 saturated heterocycles. The van der Waals surface area contributed by atoms with E-state index in [2.05, 4.69) is 28.1 Å². The molecule has 1 saturated carbocycles. The van der Waals surface area contributed by atoms with Gasteiger partial charge in [0.25, 0.3) is 0 Å². The van der Waals surface area contributed by atoms with Gasteiger partial charge in [-0.15, -0.1) is 0 Å². The monoisotopic (exact) mass is 215 g/mol. The quantitative estimate of drug-likeness (QED) is 0.793. The third-order valence-corrected chi connectivity index (χ3v) is 3.76. The van der Waals surface area contributed by atoms with E-state index in [0.29, 0.717) is 5.92 Å². The molecule has 0 aromatic carbocycles. The first-order valence-corrected chi connectivity index (χ1v) is 6.11. The lowest BCUT2D eigenvalue weighted by Crippen LogP contribution is -2.11. The molecule has 0 bridgehead atoms. The summed E-state index contributed by atoms with van der Waals surface area (Å²) in [7, 11) is 0. The van der Waals surface area contributed by atoms with Gasteiger partial charge < -0.3 is 4.98 Å². The van der Waals surface area contributed by atoms with Crippen LogP contribution < -0.4 is 0 Å². The number of fused-ring (bicyclic) bond motifs is 1. The van der Waals surface area contributed by atoms with Crippen LogP contribution >= 0.6 is 0 Å².